The highest BCUT2D eigenvalue weighted by atomic mass is 16.5. The Balaban J connectivity index is 1.76. The maximum absolute atomic E-state index is 13.4. The molecule has 0 radical (unpaired) electrons. The number of hydrogen-bond donors (Lipinski definition) is 1. The highest BCUT2D eigenvalue weighted by Crippen LogP contribution is 2.44. The van der Waals surface area contributed by atoms with Gasteiger partial charge in [-0.05, 0) is 55.5 Å². The quantitative estimate of drug-likeness (QED) is 0.796. The van der Waals surface area contributed by atoms with Crippen molar-refractivity contribution in [3.05, 3.63) is 65.0 Å². The summed E-state index contributed by atoms with van der Waals surface area (Å²) in [6.07, 6.45) is 2.94. The summed E-state index contributed by atoms with van der Waals surface area (Å²) in [6, 6.07) is 11.3. The number of aromatic nitrogens is 1. The molecule has 1 aliphatic heterocycles. The second-order valence-corrected chi connectivity index (χ2v) is 8.49. The van der Waals surface area contributed by atoms with E-state index in [-0.39, 0.29) is 23.5 Å². The predicted molar refractivity (Wildman–Crippen MR) is 120 cm³/mol. The van der Waals surface area contributed by atoms with Gasteiger partial charge in [-0.15, -0.1) is 0 Å². The lowest BCUT2D eigenvalue weighted by Crippen LogP contribution is -2.39. The average Bonchev–Trinajstić information content (AvgIpc) is 2.74. The molecule has 2 aromatic rings. The maximum Gasteiger partial charge on any atom is 0.235 e. The van der Waals surface area contributed by atoms with Crippen molar-refractivity contribution in [3.8, 4) is 5.75 Å². The molecule has 160 valence electrons. The van der Waals surface area contributed by atoms with Gasteiger partial charge in [0.25, 0.3) is 0 Å². The van der Waals surface area contributed by atoms with Crippen LogP contribution in [0.15, 0.2) is 58.9 Å². The summed E-state index contributed by atoms with van der Waals surface area (Å²) in [6.45, 7) is 5.88. The number of Topliss-reactive ketones (excluding diaryl/α,β-unsaturated/α-hetero) is 1. The fourth-order valence-electron chi connectivity index (χ4n) is 4.51. The second kappa shape index (κ2) is 8.46. The van der Waals surface area contributed by atoms with Crippen molar-refractivity contribution in [1.29, 1.82) is 0 Å². The van der Waals surface area contributed by atoms with Crippen LogP contribution in [-0.2, 0) is 9.59 Å². The fourth-order valence-corrected chi connectivity index (χ4v) is 4.51. The number of carbonyl (C=O) groups is 2. The number of allylic oxidation sites excluding steroid dienone is 2. The van der Waals surface area contributed by atoms with Gasteiger partial charge in [-0.1, -0.05) is 25.1 Å². The number of aryl methyl sites for hydroxylation is 1. The van der Waals surface area contributed by atoms with Crippen molar-refractivity contribution in [3.63, 3.8) is 0 Å². The molecule has 0 fully saturated rings. The number of hydrogen-bond acceptors (Lipinski definition) is 5. The summed E-state index contributed by atoms with van der Waals surface area (Å²) in [7, 11) is 1.62. The zero-order valence-corrected chi connectivity index (χ0v) is 18.3. The first-order valence-corrected chi connectivity index (χ1v) is 10.6. The molecular weight excluding hydrogens is 390 g/mol. The maximum atomic E-state index is 13.4. The van der Waals surface area contributed by atoms with Crippen molar-refractivity contribution in [2.75, 3.05) is 12.4 Å². The highest BCUT2D eigenvalue weighted by molar-refractivity contribution is 6.13. The number of ketones is 1. The summed E-state index contributed by atoms with van der Waals surface area (Å²) in [5, 5.41) is 2.92. The van der Waals surface area contributed by atoms with Gasteiger partial charge in [-0.3, -0.25) is 14.6 Å². The van der Waals surface area contributed by atoms with E-state index in [1.807, 2.05) is 44.2 Å². The van der Waals surface area contributed by atoms with Gasteiger partial charge in [-0.25, -0.2) is 4.98 Å². The van der Waals surface area contributed by atoms with Crippen LogP contribution in [0.2, 0.25) is 0 Å². The number of benzene rings is 1. The molecule has 2 aliphatic rings. The zero-order chi connectivity index (χ0) is 22.1. The Kier molecular flexibility index (Phi) is 5.72. The molecule has 0 saturated heterocycles. The third-order valence-electron chi connectivity index (χ3n) is 6.01. The van der Waals surface area contributed by atoms with E-state index in [2.05, 4.69) is 17.2 Å². The molecule has 0 spiro atoms. The topological polar surface area (TPSA) is 80.6 Å². The number of carbonyl (C=O) groups excluding carboxylic acids is 2. The monoisotopic (exact) mass is 417 g/mol. The summed E-state index contributed by atoms with van der Waals surface area (Å²) < 4.78 is 5.29. The second-order valence-electron chi connectivity index (χ2n) is 8.49. The van der Waals surface area contributed by atoms with Gasteiger partial charge < -0.3 is 10.1 Å². The van der Waals surface area contributed by atoms with Gasteiger partial charge >= 0.3 is 0 Å². The Labute approximate surface area is 182 Å². The lowest BCUT2D eigenvalue weighted by molar-refractivity contribution is -0.119. The van der Waals surface area contributed by atoms with E-state index in [0.717, 1.165) is 29.0 Å². The highest BCUT2D eigenvalue weighted by Gasteiger charge is 2.43. The van der Waals surface area contributed by atoms with Gasteiger partial charge in [0.2, 0.25) is 5.91 Å². The molecule has 1 N–H and O–H groups in total. The van der Waals surface area contributed by atoms with E-state index in [4.69, 9.17) is 9.73 Å². The molecule has 4 rings (SSSR count). The van der Waals surface area contributed by atoms with E-state index >= 15 is 0 Å². The SMILES string of the molecule is COc1ccc([C@H]2C3=C(C[C@H](C)CC3=O)N=C(C)C2C(=O)Nc2ccc(C)cn2)cc1. The van der Waals surface area contributed by atoms with Gasteiger partial charge in [0.15, 0.2) is 5.78 Å². The fraction of sp³-hybridized carbons (Fsp3) is 0.360. The molecule has 3 atom stereocenters. The van der Waals surface area contributed by atoms with Crippen LogP contribution < -0.4 is 10.1 Å². The van der Waals surface area contributed by atoms with E-state index in [0.29, 0.717) is 23.5 Å². The number of nitrogens with zero attached hydrogens (tertiary/aromatic N) is 2. The van der Waals surface area contributed by atoms with E-state index in [1.165, 1.54) is 0 Å². The van der Waals surface area contributed by atoms with Crippen LogP contribution in [0.4, 0.5) is 5.82 Å². The number of methoxy groups -OCH3 is 1. The van der Waals surface area contributed by atoms with Crippen LogP contribution in [-0.4, -0.2) is 29.5 Å². The van der Waals surface area contributed by atoms with Crippen molar-refractivity contribution in [1.82, 2.24) is 4.98 Å². The first-order valence-electron chi connectivity index (χ1n) is 10.6. The Morgan fingerprint density at radius 1 is 1.10 bits per heavy atom. The molecule has 1 unspecified atom stereocenters. The van der Waals surface area contributed by atoms with Crippen LogP contribution in [0.1, 0.15) is 43.7 Å². The molecule has 0 bridgehead atoms. The van der Waals surface area contributed by atoms with E-state index in [9.17, 15) is 9.59 Å². The molecule has 1 aliphatic carbocycles. The zero-order valence-electron chi connectivity index (χ0n) is 18.3. The van der Waals surface area contributed by atoms with Gasteiger partial charge in [0.1, 0.15) is 11.6 Å². The van der Waals surface area contributed by atoms with Crippen molar-refractivity contribution in [2.45, 2.75) is 39.5 Å². The van der Waals surface area contributed by atoms with Crippen LogP contribution in [0.5, 0.6) is 5.75 Å². The number of nitrogens with one attached hydrogen (secondary N) is 1. The van der Waals surface area contributed by atoms with Gasteiger partial charge in [0.05, 0.1) is 13.0 Å². The predicted octanol–water partition coefficient (Wildman–Crippen LogP) is 4.46. The minimum atomic E-state index is -0.590. The summed E-state index contributed by atoms with van der Waals surface area (Å²) >= 11 is 0. The molecule has 1 aromatic heterocycles. The smallest absolute Gasteiger partial charge is 0.235 e. The van der Waals surface area contributed by atoms with Crippen LogP contribution in [0.25, 0.3) is 0 Å². The molecule has 6 nitrogen and oxygen atoms in total. The number of ether oxygens (including phenoxy) is 1. The number of amides is 1. The minimum Gasteiger partial charge on any atom is -0.497 e. The van der Waals surface area contributed by atoms with Gasteiger partial charge in [-0.2, -0.15) is 0 Å². The third kappa shape index (κ3) is 4.15. The lowest BCUT2D eigenvalue weighted by atomic mass is 9.70. The number of anilines is 1. The molecule has 2 heterocycles. The Bertz CT molecular complexity index is 1070. The van der Waals surface area contributed by atoms with Gasteiger partial charge in [0, 0.05) is 35.5 Å². The normalized spacial score (nSPS) is 23.2. The number of pyridine rings is 1. The summed E-state index contributed by atoms with van der Waals surface area (Å²) in [5.74, 6) is 0.360. The minimum absolute atomic E-state index is 0.0806. The molecule has 0 saturated carbocycles. The molecule has 6 heteroatoms. The lowest BCUT2D eigenvalue weighted by Gasteiger charge is -2.36. The molecular formula is C25H27N3O3. The van der Waals surface area contributed by atoms with Crippen molar-refractivity contribution in [2.24, 2.45) is 16.8 Å². The van der Waals surface area contributed by atoms with Crippen LogP contribution >= 0.6 is 0 Å². The summed E-state index contributed by atoms with van der Waals surface area (Å²) in [5.41, 5.74) is 4.13. The average molecular weight is 418 g/mol. The molecule has 31 heavy (non-hydrogen) atoms. The Morgan fingerprint density at radius 2 is 1.84 bits per heavy atom. The van der Waals surface area contributed by atoms with Crippen LogP contribution in [0.3, 0.4) is 0 Å². The van der Waals surface area contributed by atoms with E-state index in [1.54, 1.807) is 19.4 Å². The Hall–Kier alpha value is -3.28. The largest absolute Gasteiger partial charge is 0.497 e. The number of rotatable bonds is 4. The van der Waals surface area contributed by atoms with Crippen LogP contribution in [0, 0.1) is 18.8 Å². The molecule has 1 amide bonds. The summed E-state index contributed by atoms with van der Waals surface area (Å²) in [4.78, 5) is 35.6. The standard InChI is InChI=1S/C25H27N3O3/c1-14-5-10-21(26-13-14)28-25(30)22-16(3)27-19-11-15(2)12-20(29)24(19)23(22)17-6-8-18(31-4)9-7-17/h5-10,13,15,22-23H,11-12H2,1-4H3,(H,26,28,30)/t15-,22?,23+/m0/s1. The Morgan fingerprint density at radius 3 is 2.48 bits per heavy atom. The first kappa shape index (κ1) is 21.0. The van der Waals surface area contributed by atoms with Crippen molar-refractivity contribution < 1.29 is 14.3 Å². The van der Waals surface area contributed by atoms with E-state index < -0.39 is 5.92 Å². The van der Waals surface area contributed by atoms with Crippen molar-refractivity contribution >= 4 is 23.2 Å². The third-order valence-corrected chi connectivity index (χ3v) is 6.01. The first-order chi connectivity index (χ1) is 14.9. The number of aliphatic imine (C=N–C) groups is 1. The molecule has 1 aromatic carbocycles.